The van der Waals surface area contributed by atoms with Crippen molar-refractivity contribution >= 4 is 29.7 Å². The molecule has 0 spiro atoms. The first-order valence-electron chi connectivity index (χ1n) is 16.0. The van der Waals surface area contributed by atoms with E-state index in [1.54, 1.807) is 31.5 Å². The Morgan fingerprint density at radius 3 is 2.36 bits per heavy atom. The minimum Gasteiger partial charge on any atom is -0.488 e. The lowest BCUT2D eigenvalue weighted by Crippen LogP contribution is -2.61. The van der Waals surface area contributed by atoms with Gasteiger partial charge in [0.05, 0.1) is 6.04 Å². The van der Waals surface area contributed by atoms with Gasteiger partial charge in [0.15, 0.2) is 0 Å². The van der Waals surface area contributed by atoms with Crippen molar-refractivity contribution in [1.82, 2.24) is 26.2 Å². The first-order valence-corrected chi connectivity index (χ1v) is 16.0. The van der Waals surface area contributed by atoms with Crippen molar-refractivity contribution in [3.05, 3.63) is 71.9 Å². The number of nitrogens with one attached hydrogen (secondary N) is 4. The molecule has 0 aromatic heterocycles. The fourth-order valence-corrected chi connectivity index (χ4v) is 5.95. The van der Waals surface area contributed by atoms with Crippen LogP contribution in [0.2, 0.25) is 0 Å². The summed E-state index contributed by atoms with van der Waals surface area (Å²) < 4.78 is 6.34. The van der Waals surface area contributed by atoms with E-state index in [-0.39, 0.29) is 42.5 Å². The molecule has 3 aliphatic heterocycles. The Morgan fingerprint density at radius 2 is 1.71 bits per heavy atom. The second-order valence-corrected chi connectivity index (χ2v) is 12.1. The average molecular weight is 618 g/mol. The van der Waals surface area contributed by atoms with Gasteiger partial charge in [0.2, 0.25) is 23.6 Å². The average Bonchev–Trinajstić information content (AvgIpc) is 3.47. The number of likely N-dealkylation sites (N-methyl/N-ethyl adjacent to an activating group) is 1. The number of hydrogen-bond acceptors (Lipinski definition) is 6. The molecular formula is C35H47N5O5. The van der Waals surface area contributed by atoms with Gasteiger partial charge in [0.25, 0.3) is 0 Å². The van der Waals surface area contributed by atoms with Crippen LogP contribution in [0.3, 0.4) is 0 Å². The van der Waals surface area contributed by atoms with Crippen LogP contribution in [-0.4, -0.2) is 72.4 Å². The molecule has 242 valence electrons. The predicted octanol–water partition coefficient (Wildman–Crippen LogP) is 3.03. The largest absolute Gasteiger partial charge is 0.488 e. The first kappa shape index (κ1) is 33.7. The second kappa shape index (κ2) is 15.7. The molecule has 45 heavy (non-hydrogen) atoms. The van der Waals surface area contributed by atoms with Crippen LogP contribution < -0.4 is 26.0 Å². The third-order valence-corrected chi connectivity index (χ3v) is 9.06. The summed E-state index contributed by atoms with van der Waals surface area (Å²) in [7, 11) is 1.73. The lowest BCUT2D eigenvalue weighted by Gasteiger charge is -2.33. The van der Waals surface area contributed by atoms with Crippen molar-refractivity contribution in [3.63, 3.8) is 0 Å². The summed E-state index contributed by atoms with van der Waals surface area (Å²) in [4.78, 5) is 56.8. The fourth-order valence-electron chi connectivity index (χ4n) is 5.95. The zero-order valence-electron chi connectivity index (χ0n) is 26.9. The highest BCUT2D eigenvalue weighted by atomic mass is 16.5. The summed E-state index contributed by atoms with van der Waals surface area (Å²) in [6.07, 6.45) is 4.79. The van der Waals surface area contributed by atoms with Crippen LogP contribution >= 0.6 is 0 Å². The molecule has 0 aliphatic carbocycles. The first-order chi connectivity index (χ1) is 21.7. The smallest absolute Gasteiger partial charge is 0.247 e. The summed E-state index contributed by atoms with van der Waals surface area (Å²) in [5.41, 5.74) is 1.75. The lowest BCUT2D eigenvalue weighted by molar-refractivity contribution is -0.144. The van der Waals surface area contributed by atoms with Crippen molar-refractivity contribution in [2.24, 2.45) is 11.8 Å². The summed E-state index contributed by atoms with van der Waals surface area (Å²) in [5, 5.41) is 11.8. The van der Waals surface area contributed by atoms with Crippen molar-refractivity contribution in [3.8, 4) is 5.75 Å². The van der Waals surface area contributed by atoms with Crippen molar-refractivity contribution in [2.45, 2.75) is 83.6 Å². The van der Waals surface area contributed by atoms with Gasteiger partial charge in [0, 0.05) is 25.6 Å². The summed E-state index contributed by atoms with van der Waals surface area (Å²) in [6.45, 7) is 8.12. The standard InChI is InChI=1S/C35H47N5O5/c1-6-22(3)29(36-5)33(42)38-27(21-25-11-9-8-10-12-25)35(44)40-20-18-28-31(40)34(43)39-30(23(4)7-2)32(41)37-19-17-24-13-15-26(45-28)16-14-24/h8-17,19,22-23,27-31,36H,6-7,18,20-21H2,1-5H3,(H,37,41)(H,38,42)(H,39,43)/t22-,23-,27+,28+,29+,30+,31+/m1/s1. The number of rotatable bonds is 10. The number of ether oxygens (including phenoxy) is 1. The molecule has 3 heterocycles. The summed E-state index contributed by atoms with van der Waals surface area (Å²) in [6, 6.07) is 13.6. The number of benzene rings is 2. The number of amides is 4. The number of carbonyl (C=O) groups excluding carboxylic acids is 4. The molecule has 10 heteroatoms. The van der Waals surface area contributed by atoms with E-state index in [9.17, 15) is 19.2 Å². The van der Waals surface area contributed by atoms with Gasteiger partial charge in [-0.3, -0.25) is 19.2 Å². The van der Waals surface area contributed by atoms with Crippen LogP contribution in [0, 0.1) is 11.8 Å². The normalized spacial score (nSPS) is 22.6. The van der Waals surface area contributed by atoms with Gasteiger partial charge in [-0.05, 0) is 48.2 Å². The number of fused-ring (bicyclic) bond motifs is 7. The van der Waals surface area contributed by atoms with Crippen LogP contribution in [0.1, 0.15) is 58.1 Å². The minimum atomic E-state index is -1.01. The highest BCUT2D eigenvalue weighted by Gasteiger charge is 2.46. The molecule has 4 N–H and O–H groups in total. The van der Waals surface area contributed by atoms with Crippen LogP contribution in [0.4, 0.5) is 0 Å². The van der Waals surface area contributed by atoms with Crippen molar-refractivity contribution in [2.75, 3.05) is 13.6 Å². The Balaban J connectivity index is 1.69. The second-order valence-electron chi connectivity index (χ2n) is 12.1. The quantitative estimate of drug-likeness (QED) is 0.325. The monoisotopic (exact) mass is 617 g/mol. The predicted molar refractivity (Wildman–Crippen MR) is 174 cm³/mol. The SMILES string of the molecule is CC[C@@H](C)[C@H](NC)C(=O)N[C@@H](Cc1ccccc1)C(=O)N1CC[C@@H]2Oc3ccc(cc3)C=CNC(=O)[C@H]([C@H](C)CC)NC(=O)[C@H]21. The van der Waals surface area contributed by atoms with Gasteiger partial charge in [-0.25, -0.2) is 0 Å². The van der Waals surface area contributed by atoms with Gasteiger partial charge in [-0.15, -0.1) is 0 Å². The summed E-state index contributed by atoms with van der Waals surface area (Å²) in [5.74, 6) is -1.00. The Hall–Kier alpha value is -4.18. The van der Waals surface area contributed by atoms with Gasteiger partial charge in [-0.1, -0.05) is 83.0 Å². The fraction of sp³-hybridized carbons (Fsp3) is 0.486. The summed E-state index contributed by atoms with van der Waals surface area (Å²) >= 11 is 0. The Bertz CT molecular complexity index is 1350. The molecule has 0 saturated carbocycles. The Kier molecular flexibility index (Phi) is 11.8. The number of carbonyl (C=O) groups is 4. The van der Waals surface area contributed by atoms with E-state index >= 15 is 0 Å². The van der Waals surface area contributed by atoms with Crippen LogP contribution in [0.15, 0.2) is 60.8 Å². The molecule has 0 unspecified atom stereocenters. The van der Waals surface area contributed by atoms with Crippen LogP contribution in [-0.2, 0) is 25.6 Å². The van der Waals surface area contributed by atoms with E-state index in [0.717, 1.165) is 17.5 Å². The van der Waals surface area contributed by atoms with E-state index in [0.29, 0.717) is 18.6 Å². The number of likely N-dealkylation sites (tertiary alicyclic amines) is 1. The maximum atomic E-state index is 14.4. The molecule has 0 radical (unpaired) electrons. The maximum absolute atomic E-state index is 14.4. The molecular weight excluding hydrogens is 570 g/mol. The molecule has 10 nitrogen and oxygen atoms in total. The van der Waals surface area contributed by atoms with E-state index in [1.807, 2.05) is 70.2 Å². The zero-order chi connectivity index (χ0) is 32.5. The van der Waals surface area contributed by atoms with E-state index < -0.39 is 36.2 Å². The molecule has 3 aliphatic rings. The number of nitrogens with zero attached hydrogens (tertiary/aromatic N) is 1. The Morgan fingerprint density at radius 1 is 1.00 bits per heavy atom. The third-order valence-electron chi connectivity index (χ3n) is 9.06. The van der Waals surface area contributed by atoms with Crippen molar-refractivity contribution in [1.29, 1.82) is 0 Å². The van der Waals surface area contributed by atoms with Crippen molar-refractivity contribution < 1.29 is 23.9 Å². The zero-order valence-corrected chi connectivity index (χ0v) is 26.9. The number of hydrogen-bond donors (Lipinski definition) is 4. The molecule has 4 amide bonds. The molecule has 5 rings (SSSR count). The third kappa shape index (κ3) is 8.30. The highest BCUT2D eigenvalue weighted by Crippen LogP contribution is 2.27. The van der Waals surface area contributed by atoms with E-state index in [4.69, 9.17) is 4.74 Å². The van der Waals surface area contributed by atoms with E-state index in [1.165, 1.54) is 4.90 Å². The topological polar surface area (TPSA) is 129 Å². The van der Waals surface area contributed by atoms with Gasteiger partial charge in [0.1, 0.15) is 30.0 Å². The Labute approximate surface area is 266 Å². The molecule has 1 fully saturated rings. The van der Waals surface area contributed by atoms with Gasteiger partial charge in [-0.2, -0.15) is 0 Å². The van der Waals surface area contributed by atoms with E-state index in [2.05, 4.69) is 21.3 Å². The molecule has 2 aromatic carbocycles. The van der Waals surface area contributed by atoms with Crippen LogP contribution in [0.25, 0.3) is 6.08 Å². The molecule has 1 saturated heterocycles. The maximum Gasteiger partial charge on any atom is 0.247 e. The highest BCUT2D eigenvalue weighted by molar-refractivity contribution is 5.96. The molecule has 2 aromatic rings. The molecule has 2 bridgehead atoms. The molecule has 7 atom stereocenters. The minimum absolute atomic E-state index is 0.0438. The van der Waals surface area contributed by atoms with Crippen LogP contribution in [0.5, 0.6) is 5.75 Å². The van der Waals surface area contributed by atoms with Gasteiger partial charge < -0.3 is 30.9 Å². The lowest BCUT2D eigenvalue weighted by atomic mass is 9.97. The van der Waals surface area contributed by atoms with Gasteiger partial charge >= 0.3 is 0 Å².